The topological polar surface area (TPSA) is 59.2 Å². The predicted molar refractivity (Wildman–Crippen MR) is 108 cm³/mol. The van der Waals surface area contributed by atoms with Crippen LogP contribution in [0.1, 0.15) is 37.3 Å². The molecule has 5 nitrogen and oxygen atoms in total. The lowest BCUT2D eigenvalue weighted by atomic mass is 10.1. The molecule has 6 heteroatoms. The van der Waals surface area contributed by atoms with Crippen LogP contribution < -0.4 is 0 Å². The van der Waals surface area contributed by atoms with Crippen LogP contribution in [0.25, 0.3) is 11.4 Å². The van der Waals surface area contributed by atoms with Crippen LogP contribution >= 0.6 is 11.6 Å². The van der Waals surface area contributed by atoms with Crippen molar-refractivity contribution >= 4 is 17.5 Å². The highest BCUT2D eigenvalue weighted by atomic mass is 35.5. The molecule has 3 aromatic rings. The van der Waals surface area contributed by atoms with E-state index in [0.29, 0.717) is 29.7 Å². The highest BCUT2D eigenvalue weighted by Gasteiger charge is 2.35. The Morgan fingerprint density at radius 2 is 2.00 bits per heavy atom. The van der Waals surface area contributed by atoms with Crippen molar-refractivity contribution in [2.45, 2.75) is 32.2 Å². The van der Waals surface area contributed by atoms with E-state index in [1.807, 2.05) is 35.2 Å². The number of nitrogens with zero attached hydrogens (tertiary/aromatic N) is 3. The van der Waals surface area contributed by atoms with Gasteiger partial charge in [0.05, 0.1) is 6.04 Å². The van der Waals surface area contributed by atoms with Gasteiger partial charge in [0.2, 0.25) is 17.6 Å². The molecule has 28 heavy (non-hydrogen) atoms. The highest BCUT2D eigenvalue weighted by molar-refractivity contribution is 6.30. The standard InChI is InChI=1S/C22H22ClN3O2/c1-15(16-6-3-2-4-7-16)26(22(27)17-10-11-17)13-12-20-24-21(25-28-20)18-8-5-9-19(23)14-18/h2-9,14-15,17H,10-13H2,1H3/t15-/m1/s1. The van der Waals surface area contributed by atoms with Crippen molar-refractivity contribution in [1.82, 2.24) is 15.0 Å². The van der Waals surface area contributed by atoms with Gasteiger partial charge in [0.15, 0.2) is 0 Å². The summed E-state index contributed by atoms with van der Waals surface area (Å²) in [7, 11) is 0. The SMILES string of the molecule is C[C@H](c1ccccc1)N(CCc1nc(-c2cccc(Cl)c2)no1)C(=O)C1CC1. The molecule has 0 aliphatic heterocycles. The zero-order valence-corrected chi connectivity index (χ0v) is 16.5. The number of carbonyl (C=O) groups excluding carboxylic acids is 1. The summed E-state index contributed by atoms with van der Waals surface area (Å²) in [5.41, 5.74) is 1.94. The molecular weight excluding hydrogens is 374 g/mol. The Bertz CT molecular complexity index is 953. The molecule has 0 unspecified atom stereocenters. The van der Waals surface area contributed by atoms with Crippen molar-refractivity contribution in [3.05, 3.63) is 71.1 Å². The van der Waals surface area contributed by atoms with Crippen LogP contribution in [-0.4, -0.2) is 27.5 Å². The quantitative estimate of drug-likeness (QED) is 0.569. The highest BCUT2D eigenvalue weighted by Crippen LogP contribution is 2.34. The average molecular weight is 396 g/mol. The van der Waals surface area contributed by atoms with Crippen molar-refractivity contribution in [2.75, 3.05) is 6.54 Å². The van der Waals surface area contributed by atoms with Crippen molar-refractivity contribution in [1.29, 1.82) is 0 Å². The zero-order valence-electron chi connectivity index (χ0n) is 15.7. The van der Waals surface area contributed by atoms with Gasteiger partial charge in [-0.1, -0.05) is 59.2 Å². The van der Waals surface area contributed by atoms with Gasteiger partial charge in [0, 0.05) is 29.5 Å². The first-order chi connectivity index (χ1) is 13.6. The molecule has 1 saturated carbocycles. The largest absolute Gasteiger partial charge is 0.339 e. The minimum atomic E-state index is 0.00428. The maximum atomic E-state index is 12.9. The van der Waals surface area contributed by atoms with Gasteiger partial charge in [-0.05, 0) is 37.5 Å². The maximum absolute atomic E-state index is 12.9. The molecule has 0 saturated heterocycles. The van der Waals surface area contributed by atoms with E-state index in [1.165, 1.54) is 0 Å². The summed E-state index contributed by atoms with van der Waals surface area (Å²) >= 11 is 6.04. The molecule has 1 amide bonds. The van der Waals surface area contributed by atoms with E-state index in [0.717, 1.165) is 24.0 Å². The van der Waals surface area contributed by atoms with Crippen LogP contribution in [0.3, 0.4) is 0 Å². The molecule has 144 valence electrons. The number of halogens is 1. The fourth-order valence-corrected chi connectivity index (χ4v) is 3.48. The van der Waals surface area contributed by atoms with Crippen LogP contribution in [0, 0.1) is 5.92 Å². The van der Waals surface area contributed by atoms with E-state index in [1.54, 1.807) is 12.1 Å². The fourth-order valence-electron chi connectivity index (χ4n) is 3.29. The van der Waals surface area contributed by atoms with Crippen LogP contribution in [0.5, 0.6) is 0 Å². The molecular formula is C22H22ClN3O2. The minimum absolute atomic E-state index is 0.00428. The number of amides is 1. The summed E-state index contributed by atoms with van der Waals surface area (Å²) in [5.74, 6) is 1.40. The Kier molecular flexibility index (Phi) is 5.44. The van der Waals surface area contributed by atoms with Crippen molar-refractivity contribution in [3.8, 4) is 11.4 Å². The minimum Gasteiger partial charge on any atom is -0.339 e. The second-order valence-corrected chi connectivity index (χ2v) is 7.60. The monoisotopic (exact) mass is 395 g/mol. The van der Waals surface area contributed by atoms with Crippen LogP contribution in [0.15, 0.2) is 59.1 Å². The Labute approximate surface area is 169 Å². The molecule has 0 N–H and O–H groups in total. The lowest BCUT2D eigenvalue weighted by Crippen LogP contribution is -2.36. The molecule has 2 aromatic carbocycles. The van der Waals surface area contributed by atoms with Gasteiger partial charge < -0.3 is 9.42 Å². The first-order valence-electron chi connectivity index (χ1n) is 9.56. The summed E-state index contributed by atoms with van der Waals surface area (Å²) in [6.45, 7) is 2.61. The Morgan fingerprint density at radius 1 is 1.21 bits per heavy atom. The number of hydrogen-bond acceptors (Lipinski definition) is 4. The number of rotatable bonds is 7. The van der Waals surface area contributed by atoms with E-state index in [9.17, 15) is 4.79 Å². The van der Waals surface area contributed by atoms with Crippen LogP contribution in [-0.2, 0) is 11.2 Å². The maximum Gasteiger partial charge on any atom is 0.228 e. The van der Waals surface area contributed by atoms with Gasteiger partial charge in [-0.15, -0.1) is 0 Å². The molecule has 4 rings (SSSR count). The normalized spacial score (nSPS) is 14.6. The third kappa shape index (κ3) is 4.25. The molecule has 1 aromatic heterocycles. The van der Waals surface area contributed by atoms with Gasteiger partial charge in [0.1, 0.15) is 0 Å². The smallest absolute Gasteiger partial charge is 0.228 e. The lowest BCUT2D eigenvalue weighted by molar-refractivity contribution is -0.134. The Morgan fingerprint density at radius 3 is 2.71 bits per heavy atom. The second-order valence-electron chi connectivity index (χ2n) is 7.16. The van der Waals surface area contributed by atoms with E-state index >= 15 is 0 Å². The molecule has 1 aliphatic carbocycles. The third-order valence-electron chi connectivity index (χ3n) is 5.08. The summed E-state index contributed by atoms with van der Waals surface area (Å²) in [6, 6.07) is 17.5. The molecule has 1 aliphatic rings. The fraction of sp³-hybridized carbons (Fsp3) is 0.318. The number of aromatic nitrogens is 2. The predicted octanol–water partition coefficient (Wildman–Crippen LogP) is 4.93. The van der Waals surface area contributed by atoms with Gasteiger partial charge in [0.25, 0.3) is 0 Å². The lowest BCUT2D eigenvalue weighted by Gasteiger charge is -2.29. The summed E-state index contributed by atoms with van der Waals surface area (Å²) in [4.78, 5) is 19.3. The molecule has 1 fully saturated rings. The van der Waals surface area contributed by atoms with Crippen LogP contribution in [0.2, 0.25) is 5.02 Å². The second kappa shape index (κ2) is 8.15. The van der Waals surface area contributed by atoms with Crippen molar-refractivity contribution in [2.24, 2.45) is 5.92 Å². The van der Waals surface area contributed by atoms with E-state index in [4.69, 9.17) is 16.1 Å². The number of benzene rings is 2. The van der Waals surface area contributed by atoms with Crippen LogP contribution in [0.4, 0.5) is 0 Å². The zero-order chi connectivity index (χ0) is 19.5. The summed E-state index contributed by atoms with van der Waals surface area (Å²) in [5, 5.41) is 4.68. The van der Waals surface area contributed by atoms with Gasteiger partial charge in [-0.2, -0.15) is 4.98 Å². The summed E-state index contributed by atoms with van der Waals surface area (Å²) in [6.07, 6.45) is 2.48. The molecule has 1 heterocycles. The first-order valence-corrected chi connectivity index (χ1v) is 9.93. The van der Waals surface area contributed by atoms with Crippen molar-refractivity contribution in [3.63, 3.8) is 0 Å². The average Bonchev–Trinajstić information content (AvgIpc) is 3.46. The van der Waals surface area contributed by atoms with Gasteiger partial charge >= 0.3 is 0 Å². The van der Waals surface area contributed by atoms with Gasteiger partial charge in [-0.3, -0.25) is 4.79 Å². The van der Waals surface area contributed by atoms with Gasteiger partial charge in [-0.25, -0.2) is 0 Å². The number of hydrogen-bond donors (Lipinski definition) is 0. The Balaban J connectivity index is 1.48. The summed E-state index contributed by atoms with van der Waals surface area (Å²) < 4.78 is 5.41. The van der Waals surface area contributed by atoms with Crippen molar-refractivity contribution < 1.29 is 9.32 Å². The molecule has 0 radical (unpaired) electrons. The third-order valence-corrected chi connectivity index (χ3v) is 5.31. The van der Waals surface area contributed by atoms with E-state index < -0.39 is 0 Å². The molecule has 0 spiro atoms. The number of carbonyl (C=O) groups is 1. The Hall–Kier alpha value is -2.66. The van der Waals surface area contributed by atoms with E-state index in [-0.39, 0.29) is 17.9 Å². The molecule has 0 bridgehead atoms. The first kappa shape index (κ1) is 18.7. The van der Waals surface area contributed by atoms with E-state index in [2.05, 4.69) is 29.2 Å². The molecule has 1 atom stereocenters.